The largest absolute Gasteiger partial charge is 0.393 e. The van der Waals surface area contributed by atoms with Gasteiger partial charge in [-0.05, 0) is 100 Å². The number of fused-ring (bicyclic) bond motifs is 1. The maximum atomic E-state index is 13.0. The van der Waals surface area contributed by atoms with E-state index < -0.39 is 24.3 Å². The van der Waals surface area contributed by atoms with Crippen molar-refractivity contribution in [3.05, 3.63) is 23.3 Å². The van der Waals surface area contributed by atoms with Crippen molar-refractivity contribution >= 4 is 0 Å². The lowest BCUT2D eigenvalue weighted by molar-refractivity contribution is -0.185. The standard InChI is InChI=1S/C27H42F3NO2/c1-18(17-31-12-9-21(10-13-31)27(28,29)30)24-7-8-25-20(4-3-11-26(24,25)2)6-5-19-14-22(32)16-23(33)15-19/h5-6,18,21-25,32-33H,3-4,7-17H2,1-2H3/t18-,22-,23+,24-,25+,26-/m1/s1. The topological polar surface area (TPSA) is 43.7 Å². The third-order valence-electron chi connectivity index (χ3n) is 9.39. The van der Waals surface area contributed by atoms with Gasteiger partial charge in [0.15, 0.2) is 0 Å². The molecule has 0 aromatic rings. The van der Waals surface area contributed by atoms with Crippen molar-refractivity contribution < 1.29 is 23.4 Å². The summed E-state index contributed by atoms with van der Waals surface area (Å²) in [7, 11) is 0. The van der Waals surface area contributed by atoms with Crippen molar-refractivity contribution in [1.82, 2.24) is 4.90 Å². The molecule has 6 heteroatoms. The number of allylic oxidation sites excluding steroid dienone is 3. The maximum Gasteiger partial charge on any atom is 0.391 e. The Labute approximate surface area is 197 Å². The fraction of sp³-hybridized carbons (Fsp3) is 0.852. The van der Waals surface area contributed by atoms with E-state index in [0.717, 1.165) is 18.5 Å². The monoisotopic (exact) mass is 469 g/mol. The van der Waals surface area contributed by atoms with E-state index in [1.165, 1.54) is 31.3 Å². The smallest absolute Gasteiger partial charge is 0.391 e. The molecule has 1 saturated heterocycles. The number of aliphatic hydroxyl groups excluding tert-OH is 2. The second-order valence-corrected chi connectivity index (χ2v) is 11.7. The van der Waals surface area contributed by atoms with Gasteiger partial charge in [-0.1, -0.05) is 37.1 Å². The molecule has 0 aromatic carbocycles. The average molecular weight is 470 g/mol. The lowest BCUT2D eigenvalue weighted by Crippen LogP contribution is -2.44. The van der Waals surface area contributed by atoms with Crippen molar-refractivity contribution in [2.24, 2.45) is 29.1 Å². The van der Waals surface area contributed by atoms with E-state index in [9.17, 15) is 23.4 Å². The van der Waals surface area contributed by atoms with Crippen LogP contribution < -0.4 is 0 Å². The number of aliphatic hydroxyl groups is 2. The zero-order valence-corrected chi connectivity index (χ0v) is 20.3. The number of hydrogen-bond donors (Lipinski definition) is 2. The molecule has 3 nitrogen and oxygen atoms in total. The number of alkyl halides is 3. The molecule has 4 fully saturated rings. The van der Waals surface area contributed by atoms with Crippen molar-refractivity contribution in [3.8, 4) is 0 Å². The summed E-state index contributed by atoms with van der Waals surface area (Å²) < 4.78 is 39.0. The molecule has 33 heavy (non-hydrogen) atoms. The third kappa shape index (κ3) is 5.70. The van der Waals surface area contributed by atoms with Crippen LogP contribution in [0.1, 0.15) is 78.1 Å². The quantitative estimate of drug-likeness (QED) is 0.541. The van der Waals surface area contributed by atoms with Gasteiger partial charge < -0.3 is 15.1 Å². The van der Waals surface area contributed by atoms with Crippen LogP contribution >= 0.6 is 0 Å². The van der Waals surface area contributed by atoms with Crippen LogP contribution in [0.3, 0.4) is 0 Å². The Bertz CT molecular complexity index is 728. The highest BCUT2D eigenvalue weighted by molar-refractivity contribution is 5.26. The van der Waals surface area contributed by atoms with Gasteiger partial charge in [-0.2, -0.15) is 13.2 Å². The molecular weight excluding hydrogens is 427 g/mol. The van der Waals surface area contributed by atoms with E-state index in [1.807, 2.05) is 0 Å². The number of piperidine rings is 1. The molecule has 3 saturated carbocycles. The first-order valence-corrected chi connectivity index (χ1v) is 13.1. The Morgan fingerprint density at radius 2 is 1.73 bits per heavy atom. The van der Waals surface area contributed by atoms with E-state index in [4.69, 9.17) is 0 Å². The Kier molecular flexibility index (Phi) is 7.67. The molecule has 1 aliphatic heterocycles. The zero-order valence-electron chi connectivity index (χ0n) is 20.3. The second kappa shape index (κ2) is 10.0. The minimum Gasteiger partial charge on any atom is -0.393 e. The van der Waals surface area contributed by atoms with Gasteiger partial charge in [-0.3, -0.25) is 0 Å². The normalized spacial score (nSPS) is 40.3. The molecule has 6 atom stereocenters. The van der Waals surface area contributed by atoms with Gasteiger partial charge in [0.05, 0.1) is 18.1 Å². The molecule has 0 unspecified atom stereocenters. The van der Waals surface area contributed by atoms with Crippen LogP contribution in [0.5, 0.6) is 0 Å². The van der Waals surface area contributed by atoms with Crippen LogP contribution in [0.2, 0.25) is 0 Å². The fourth-order valence-electron chi connectivity index (χ4n) is 7.72. The van der Waals surface area contributed by atoms with Gasteiger partial charge in [0.25, 0.3) is 0 Å². The molecule has 0 aromatic heterocycles. The van der Waals surface area contributed by atoms with Crippen molar-refractivity contribution in [2.45, 2.75) is 96.4 Å². The Morgan fingerprint density at radius 3 is 2.36 bits per heavy atom. The molecule has 1 heterocycles. The Hall–Kier alpha value is -0.850. The molecule has 0 radical (unpaired) electrons. The summed E-state index contributed by atoms with van der Waals surface area (Å²) in [6.45, 7) is 6.82. The lowest BCUT2D eigenvalue weighted by Gasteiger charge is -2.45. The number of hydrogen-bond acceptors (Lipinski definition) is 3. The molecular formula is C27H42F3NO2. The van der Waals surface area contributed by atoms with Gasteiger partial charge in [0, 0.05) is 6.54 Å². The summed E-state index contributed by atoms with van der Waals surface area (Å²) >= 11 is 0. The molecule has 0 spiro atoms. The number of nitrogens with zero attached hydrogens (tertiary/aromatic N) is 1. The summed E-state index contributed by atoms with van der Waals surface area (Å²) in [5.41, 5.74) is 2.93. The first-order valence-electron chi connectivity index (χ1n) is 13.1. The minimum absolute atomic E-state index is 0.242. The molecule has 0 amide bonds. The van der Waals surface area contributed by atoms with E-state index in [2.05, 4.69) is 30.9 Å². The highest BCUT2D eigenvalue weighted by atomic mass is 19.4. The molecule has 4 rings (SSSR count). The zero-order chi connectivity index (χ0) is 23.8. The van der Waals surface area contributed by atoms with Crippen molar-refractivity contribution in [1.29, 1.82) is 0 Å². The first-order chi connectivity index (χ1) is 15.6. The van der Waals surface area contributed by atoms with Crippen LogP contribution in [0.25, 0.3) is 0 Å². The molecule has 2 N–H and O–H groups in total. The summed E-state index contributed by atoms with van der Waals surface area (Å²) in [5.74, 6) is 0.551. The first kappa shape index (κ1) is 25.2. The van der Waals surface area contributed by atoms with E-state index >= 15 is 0 Å². The predicted molar refractivity (Wildman–Crippen MR) is 125 cm³/mol. The maximum absolute atomic E-state index is 13.0. The molecule has 3 aliphatic carbocycles. The summed E-state index contributed by atoms with van der Waals surface area (Å²) in [4.78, 5) is 2.27. The SMILES string of the molecule is C[C@H](CN1CCC(C(F)(F)F)CC1)[C@H]1CC[C@H]2C(=CC=C3C[C@@H](O)C[C@@H](O)C3)CCC[C@]12C. The van der Waals surface area contributed by atoms with Gasteiger partial charge in [-0.15, -0.1) is 0 Å². The summed E-state index contributed by atoms with van der Waals surface area (Å²) in [5, 5.41) is 20.0. The van der Waals surface area contributed by atoms with E-state index in [1.54, 1.807) is 0 Å². The minimum atomic E-state index is -4.04. The summed E-state index contributed by atoms with van der Waals surface area (Å²) in [6.07, 6.45) is 7.75. The Balaban J connectivity index is 1.38. The van der Waals surface area contributed by atoms with Crippen LogP contribution in [0.15, 0.2) is 23.3 Å². The fourth-order valence-corrected chi connectivity index (χ4v) is 7.72. The van der Waals surface area contributed by atoms with Gasteiger partial charge in [0.1, 0.15) is 0 Å². The molecule has 188 valence electrons. The van der Waals surface area contributed by atoms with E-state index in [0.29, 0.717) is 50.1 Å². The highest BCUT2D eigenvalue weighted by Crippen LogP contribution is 2.59. The predicted octanol–water partition coefficient (Wildman–Crippen LogP) is 5.87. The van der Waals surface area contributed by atoms with Gasteiger partial charge in [0.2, 0.25) is 0 Å². The van der Waals surface area contributed by atoms with Crippen molar-refractivity contribution in [3.63, 3.8) is 0 Å². The van der Waals surface area contributed by atoms with Crippen LogP contribution in [0, 0.1) is 29.1 Å². The molecule has 4 aliphatic rings. The number of rotatable bonds is 4. The lowest BCUT2D eigenvalue weighted by atomic mass is 9.61. The Morgan fingerprint density at radius 1 is 1.06 bits per heavy atom. The van der Waals surface area contributed by atoms with Gasteiger partial charge >= 0.3 is 6.18 Å². The van der Waals surface area contributed by atoms with Crippen LogP contribution in [-0.2, 0) is 0 Å². The average Bonchev–Trinajstić information content (AvgIpc) is 3.09. The number of likely N-dealkylation sites (tertiary alicyclic amines) is 1. The highest BCUT2D eigenvalue weighted by Gasteiger charge is 2.51. The van der Waals surface area contributed by atoms with Crippen LogP contribution in [-0.4, -0.2) is 53.1 Å². The third-order valence-corrected chi connectivity index (χ3v) is 9.39. The van der Waals surface area contributed by atoms with E-state index in [-0.39, 0.29) is 18.3 Å². The molecule has 0 bridgehead atoms. The summed E-state index contributed by atoms with van der Waals surface area (Å²) in [6, 6.07) is 0. The van der Waals surface area contributed by atoms with Crippen LogP contribution in [0.4, 0.5) is 13.2 Å². The van der Waals surface area contributed by atoms with Gasteiger partial charge in [-0.25, -0.2) is 0 Å². The van der Waals surface area contributed by atoms with Crippen molar-refractivity contribution in [2.75, 3.05) is 19.6 Å². The second-order valence-electron chi connectivity index (χ2n) is 11.7. The number of halogens is 3.